The van der Waals surface area contributed by atoms with Crippen molar-refractivity contribution in [1.29, 1.82) is 0 Å². The van der Waals surface area contributed by atoms with Crippen molar-refractivity contribution in [3.8, 4) is 5.69 Å². The monoisotopic (exact) mass is 518 g/mol. The van der Waals surface area contributed by atoms with E-state index in [9.17, 15) is 4.79 Å². The van der Waals surface area contributed by atoms with E-state index in [4.69, 9.17) is 11.6 Å². The van der Waals surface area contributed by atoms with Gasteiger partial charge in [0.25, 0.3) is 0 Å². The fourth-order valence-corrected chi connectivity index (χ4v) is 5.11. The predicted molar refractivity (Wildman–Crippen MR) is 148 cm³/mol. The minimum Gasteiger partial charge on any atom is -0.346 e. The van der Waals surface area contributed by atoms with Gasteiger partial charge in [-0.3, -0.25) is 9.36 Å². The minimum absolute atomic E-state index is 0.0219. The summed E-state index contributed by atoms with van der Waals surface area (Å²) in [6, 6.07) is 25.9. The largest absolute Gasteiger partial charge is 0.346 e. The third-order valence-electron chi connectivity index (χ3n) is 5.97. The van der Waals surface area contributed by atoms with Gasteiger partial charge in [0, 0.05) is 17.2 Å². The van der Waals surface area contributed by atoms with Gasteiger partial charge < -0.3 is 5.32 Å². The lowest BCUT2D eigenvalue weighted by atomic mass is 10.0. The molecule has 0 saturated carbocycles. The van der Waals surface area contributed by atoms with Crippen molar-refractivity contribution >= 4 is 29.3 Å². The molecule has 0 fully saturated rings. The molecule has 1 unspecified atom stereocenters. The summed E-state index contributed by atoms with van der Waals surface area (Å²) in [5, 5.41) is 13.9. The second-order valence-corrected chi connectivity index (χ2v) is 10.2. The van der Waals surface area contributed by atoms with E-state index in [1.807, 2.05) is 61.5 Å². The molecule has 0 spiro atoms. The molecule has 1 amide bonds. The molecule has 4 rings (SSSR count). The average Bonchev–Trinajstić information content (AvgIpc) is 3.32. The average molecular weight is 519 g/mol. The number of rotatable bonds is 11. The molecule has 186 valence electrons. The molecule has 5 nitrogen and oxygen atoms in total. The van der Waals surface area contributed by atoms with Gasteiger partial charge in [0.1, 0.15) is 0 Å². The van der Waals surface area contributed by atoms with E-state index in [1.165, 1.54) is 5.56 Å². The molecule has 1 aromatic heterocycles. The van der Waals surface area contributed by atoms with Crippen LogP contribution in [0.25, 0.3) is 5.69 Å². The smallest absolute Gasteiger partial charge is 0.220 e. The zero-order chi connectivity index (χ0) is 25.3. The molecule has 0 aliphatic heterocycles. The molecule has 4 aromatic rings. The van der Waals surface area contributed by atoms with E-state index in [0.717, 1.165) is 40.6 Å². The van der Waals surface area contributed by atoms with Crippen LogP contribution < -0.4 is 5.32 Å². The van der Waals surface area contributed by atoms with Gasteiger partial charge in [-0.05, 0) is 48.6 Å². The van der Waals surface area contributed by atoms with Crippen molar-refractivity contribution in [2.75, 3.05) is 0 Å². The highest BCUT2D eigenvalue weighted by Crippen LogP contribution is 2.31. The summed E-state index contributed by atoms with van der Waals surface area (Å²) < 4.78 is 2.06. The molecular formula is C29H31ClN4OS. The van der Waals surface area contributed by atoms with Crippen LogP contribution in [0.5, 0.6) is 0 Å². The topological polar surface area (TPSA) is 59.8 Å². The van der Waals surface area contributed by atoms with Gasteiger partial charge in [0.05, 0.1) is 11.7 Å². The highest BCUT2D eigenvalue weighted by Gasteiger charge is 2.25. The van der Waals surface area contributed by atoms with E-state index in [0.29, 0.717) is 23.7 Å². The number of aromatic nitrogens is 3. The lowest BCUT2D eigenvalue weighted by Gasteiger charge is -2.21. The van der Waals surface area contributed by atoms with Crippen molar-refractivity contribution in [1.82, 2.24) is 20.1 Å². The van der Waals surface area contributed by atoms with Crippen LogP contribution in [-0.4, -0.2) is 20.7 Å². The summed E-state index contributed by atoms with van der Waals surface area (Å²) in [6.07, 6.45) is 2.92. The van der Waals surface area contributed by atoms with Crippen molar-refractivity contribution in [3.63, 3.8) is 0 Å². The van der Waals surface area contributed by atoms with Gasteiger partial charge in [0.15, 0.2) is 11.0 Å². The molecule has 1 heterocycles. The Morgan fingerprint density at radius 2 is 1.69 bits per heavy atom. The number of amides is 1. The van der Waals surface area contributed by atoms with Crippen LogP contribution in [0.2, 0.25) is 5.02 Å². The number of hydrogen-bond donors (Lipinski definition) is 1. The maximum absolute atomic E-state index is 12.9. The van der Waals surface area contributed by atoms with Crippen LogP contribution in [-0.2, 0) is 17.0 Å². The van der Waals surface area contributed by atoms with Crippen LogP contribution >= 0.6 is 23.4 Å². The van der Waals surface area contributed by atoms with Gasteiger partial charge in [-0.15, -0.1) is 10.2 Å². The van der Waals surface area contributed by atoms with Crippen molar-refractivity contribution in [2.45, 2.75) is 56.5 Å². The number of hydrogen-bond acceptors (Lipinski definition) is 4. The van der Waals surface area contributed by atoms with Crippen LogP contribution in [0.15, 0.2) is 84.0 Å². The molecule has 0 aliphatic rings. The summed E-state index contributed by atoms with van der Waals surface area (Å²) in [5.41, 5.74) is 4.29. The fraction of sp³-hybridized carbons (Fsp3) is 0.276. The number of unbranched alkanes of at least 4 members (excludes halogenated alkanes) is 1. The van der Waals surface area contributed by atoms with E-state index in [1.54, 1.807) is 11.8 Å². The van der Waals surface area contributed by atoms with Crippen molar-refractivity contribution in [3.05, 3.63) is 106 Å². The Morgan fingerprint density at radius 1 is 1.00 bits per heavy atom. The fourth-order valence-electron chi connectivity index (χ4n) is 4.03. The van der Waals surface area contributed by atoms with Crippen LogP contribution in [0.3, 0.4) is 0 Å². The third-order valence-corrected chi connectivity index (χ3v) is 7.20. The molecule has 0 radical (unpaired) electrons. The molecule has 0 saturated heterocycles. The maximum atomic E-state index is 12.9. The quantitative estimate of drug-likeness (QED) is 0.215. The van der Waals surface area contributed by atoms with E-state index in [2.05, 4.69) is 51.3 Å². The first-order valence-corrected chi connectivity index (χ1v) is 13.6. The number of nitrogens with one attached hydrogen (secondary N) is 1. The predicted octanol–water partition coefficient (Wildman–Crippen LogP) is 7.11. The van der Waals surface area contributed by atoms with E-state index in [-0.39, 0.29) is 11.9 Å². The maximum Gasteiger partial charge on any atom is 0.220 e. The molecule has 7 heteroatoms. The molecular weight excluding hydrogens is 488 g/mol. The lowest BCUT2D eigenvalue weighted by Crippen LogP contribution is -2.32. The first-order chi connectivity index (χ1) is 17.5. The van der Waals surface area contributed by atoms with Crippen molar-refractivity contribution < 1.29 is 4.79 Å². The molecule has 1 N–H and O–H groups in total. The van der Waals surface area contributed by atoms with Gasteiger partial charge in [0.2, 0.25) is 5.91 Å². The number of carbonyl (C=O) groups is 1. The summed E-state index contributed by atoms with van der Waals surface area (Å²) >= 11 is 8.05. The first-order valence-electron chi connectivity index (χ1n) is 12.3. The summed E-state index contributed by atoms with van der Waals surface area (Å²) in [5.74, 6) is 1.48. The first kappa shape index (κ1) is 26.0. The van der Waals surface area contributed by atoms with Crippen LogP contribution in [0, 0.1) is 6.92 Å². The normalized spacial score (nSPS) is 11.9. The Bertz CT molecular complexity index is 1280. The van der Waals surface area contributed by atoms with Gasteiger partial charge in [-0.1, -0.05) is 103 Å². The Hall–Kier alpha value is -3.09. The highest BCUT2D eigenvalue weighted by molar-refractivity contribution is 7.98. The van der Waals surface area contributed by atoms with Crippen LogP contribution in [0.1, 0.15) is 54.7 Å². The number of carbonyl (C=O) groups excluding carboxylic acids is 1. The molecule has 3 aromatic carbocycles. The molecule has 0 aliphatic carbocycles. The van der Waals surface area contributed by atoms with Crippen LogP contribution in [0.4, 0.5) is 0 Å². The third kappa shape index (κ3) is 6.77. The lowest BCUT2D eigenvalue weighted by molar-refractivity contribution is -0.122. The standard InChI is InChI=1S/C29H31ClN4OS/c1-3-4-15-27(35)31-25(18-22-11-7-5-8-12-22)28-32-33-29(36-20-23-13-9-6-10-14-23)34(28)26-19-24(30)17-16-21(26)2/h5-14,16-17,19,25H,3-4,15,18,20H2,1-2H3,(H,31,35). The summed E-state index contributed by atoms with van der Waals surface area (Å²) in [6.45, 7) is 4.14. The SMILES string of the molecule is CCCCC(=O)NC(Cc1ccccc1)c1nnc(SCc2ccccc2)n1-c1cc(Cl)ccc1C. The van der Waals surface area contributed by atoms with Gasteiger partial charge in [-0.2, -0.15) is 0 Å². The summed E-state index contributed by atoms with van der Waals surface area (Å²) in [4.78, 5) is 12.9. The Kier molecular flexibility index (Phi) is 9.20. The Morgan fingerprint density at radius 3 is 2.39 bits per heavy atom. The van der Waals surface area contributed by atoms with E-state index < -0.39 is 0 Å². The van der Waals surface area contributed by atoms with Gasteiger partial charge in [-0.25, -0.2) is 0 Å². The number of benzene rings is 3. The number of thioether (sulfide) groups is 1. The number of aryl methyl sites for hydroxylation is 1. The van der Waals surface area contributed by atoms with E-state index >= 15 is 0 Å². The molecule has 0 bridgehead atoms. The zero-order valence-electron chi connectivity index (χ0n) is 20.7. The minimum atomic E-state index is -0.339. The highest BCUT2D eigenvalue weighted by atomic mass is 35.5. The number of nitrogens with zero attached hydrogens (tertiary/aromatic N) is 3. The molecule has 1 atom stereocenters. The Balaban J connectivity index is 1.75. The van der Waals surface area contributed by atoms with Crippen molar-refractivity contribution in [2.24, 2.45) is 0 Å². The zero-order valence-corrected chi connectivity index (χ0v) is 22.2. The summed E-state index contributed by atoms with van der Waals surface area (Å²) in [7, 11) is 0. The van der Waals surface area contributed by atoms with Gasteiger partial charge >= 0.3 is 0 Å². The second-order valence-electron chi connectivity index (χ2n) is 8.79. The molecule has 36 heavy (non-hydrogen) atoms. The second kappa shape index (κ2) is 12.7. The Labute approximate surface area is 222 Å². The number of halogens is 1.